The summed E-state index contributed by atoms with van der Waals surface area (Å²) in [5.41, 5.74) is 1.82. The maximum atomic E-state index is 11.0. The largest absolute Gasteiger partial charge is 0.464 e. The van der Waals surface area contributed by atoms with Crippen molar-refractivity contribution in [1.29, 1.82) is 0 Å². The molecule has 0 aliphatic carbocycles. The second-order valence-electron chi connectivity index (χ2n) is 3.19. The lowest BCUT2D eigenvalue weighted by atomic mass is 10.2. The van der Waals surface area contributed by atoms with Gasteiger partial charge in [0, 0.05) is 24.5 Å². The van der Waals surface area contributed by atoms with Crippen LogP contribution in [-0.2, 0) is 6.54 Å². The molecule has 0 spiro atoms. The smallest absolute Gasteiger partial charge is 0.314 e. The molecular formula is C11H12N2O2. The molecule has 2 amide bonds. The molecule has 0 saturated carbocycles. The number of rotatable bonds is 2. The summed E-state index contributed by atoms with van der Waals surface area (Å²) in [6.07, 6.45) is 1.67. The summed E-state index contributed by atoms with van der Waals surface area (Å²) in [6.45, 7) is 0.469. The van der Waals surface area contributed by atoms with Gasteiger partial charge in [-0.05, 0) is 6.07 Å². The summed E-state index contributed by atoms with van der Waals surface area (Å²) in [4.78, 5) is 11.0. The van der Waals surface area contributed by atoms with E-state index in [1.54, 1.807) is 13.3 Å². The van der Waals surface area contributed by atoms with Gasteiger partial charge in [-0.25, -0.2) is 4.79 Å². The molecular weight excluding hydrogens is 192 g/mol. The molecule has 0 aliphatic heterocycles. The average molecular weight is 204 g/mol. The first-order valence-corrected chi connectivity index (χ1v) is 4.72. The minimum atomic E-state index is -0.194. The molecule has 0 fully saturated rings. The molecule has 0 radical (unpaired) electrons. The Morgan fingerprint density at radius 1 is 1.40 bits per heavy atom. The number of hydrogen-bond donors (Lipinski definition) is 2. The average Bonchev–Trinajstić information content (AvgIpc) is 2.69. The number of carbonyl (C=O) groups excluding carboxylic acids is 1. The van der Waals surface area contributed by atoms with Crippen molar-refractivity contribution in [1.82, 2.24) is 10.6 Å². The lowest BCUT2D eigenvalue weighted by Gasteiger charge is -2.01. The van der Waals surface area contributed by atoms with Crippen molar-refractivity contribution in [2.45, 2.75) is 6.54 Å². The summed E-state index contributed by atoms with van der Waals surface area (Å²) >= 11 is 0. The Morgan fingerprint density at radius 2 is 2.20 bits per heavy atom. The van der Waals surface area contributed by atoms with Gasteiger partial charge in [-0.3, -0.25) is 0 Å². The summed E-state index contributed by atoms with van der Waals surface area (Å²) in [6, 6.07) is 7.54. The Balaban J connectivity index is 2.18. The number of urea groups is 1. The van der Waals surface area contributed by atoms with Gasteiger partial charge in [0.2, 0.25) is 0 Å². The normalized spacial score (nSPS) is 10.2. The summed E-state index contributed by atoms with van der Waals surface area (Å²) in [7, 11) is 1.59. The van der Waals surface area contributed by atoms with E-state index >= 15 is 0 Å². The third kappa shape index (κ3) is 1.93. The monoisotopic (exact) mass is 204 g/mol. The molecule has 4 heteroatoms. The van der Waals surface area contributed by atoms with Gasteiger partial charge in [-0.1, -0.05) is 18.2 Å². The molecule has 78 valence electrons. The van der Waals surface area contributed by atoms with Gasteiger partial charge in [-0.15, -0.1) is 0 Å². The first-order chi connectivity index (χ1) is 7.31. The van der Waals surface area contributed by atoms with Crippen LogP contribution in [0.4, 0.5) is 4.79 Å². The van der Waals surface area contributed by atoms with Crippen LogP contribution in [0, 0.1) is 0 Å². The van der Waals surface area contributed by atoms with Crippen molar-refractivity contribution in [2.75, 3.05) is 7.05 Å². The van der Waals surface area contributed by atoms with Gasteiger partial charge in [0.1, 0.15) is 5.58 Å². The van der Waals surface area contributed by atoms with Crippen molar-refractivity contribution in [3.63, 3.8) is 0 Å². The van der Waals surface area contributed by atoms with E-state index in [0.29, 0.717) is 6.54 Å². The molecule has 1 aromatic carbocycles. The second-order valence-corrected chi connectivity index (χ2v) is 3.19. The van der Waals surface area contributed by atoms with Crippen molar-refractivity contribution >= 4 is 17.0 Å². The van der Waals surface area contributed by atoms with Crippen LogP contribution in [-0.4, -0.2) is 13.1 Å². The van der Waals surface area contributed by atoms with E-state index < -0.39 is 0 Å². The van der Waals surface area contributed by atoms with Gasteiger partial charge in [0.25, 0.3) is 0 Å². The Hall–Kier alpha value is -1.97. The molecule has 2 N–H and O–H groups in total. The standard InChI is InChI=1S/C11H12N2O2/c1-12-11(14)13-6-8-7-15-10-5-3-2-4-9(8)10/h2-5,7H,6H2,1H3,(H2,12,13,14). The van der Waals surface area contributed by atoms with Gasteiger partial charge in [0.05, 0.1) is 6.26 Å². The van der Waals surface area contributed by atoms with Crippen LogP contribution in [0.5, 0.6) is 0 Å². The fourth-order valence-corrected chi connectivity index (χ4v) is 1.43. The number of nitrogens with one attached hydrogen (secondary N) is 2. The predicted octanol–water partition coefficient (Wildman–Crippen LogP) is 1.86. The molecule has 1 heterocycles. The Morgan fingerprint density at radius 3 is 3.00 bits per heavy atom. The van der Waals surface area contributed by atoms with Crippen molar-refractivity contribution in [3.05, 3.63) is 36.1 Å². The minimum Gasteiger partial charge on any atom is -0.464 e. The summed E-state index contributed by atoms with van der Waals surface area (Å²) in [5.74, 6) is 0. The van der Waals surface area contributed by atoms with E-state index in [-0.39, 0.29) is 6.03 Å². The lowest BCUT2D eigenvalue weighted by molar-refractivity contribution is 0.242. The van der Waals surface area contributed by atoms with Gasteiger partial charge >= 0.3 is 6.03 Å². The van der Waals surface area contributed by atoms with Crippen LogP contribution in [0.2, 0.25) is 0 Å². The number of para-hydroxylation sites is 1. The predicted molar refractivity (Wildman–Crippen MR) is 57.5 cm³/mol. The van der Waals surface area contributed by atoms with Crippen LogP contribution < -0.4 is 10.6 Å². The number of fused-ring (bicyclic) bond motifs is 1. The molecule has 4 nitrogen and oxygen atoms in total. The van der Waals surface area contributed by atoms with E-state index in [2.05, 4.69) is 10.6 Å². The molecule has 0 saturated heterocycles. The number of benzene rings is 1. The van der Waals surface area contributed by atoms with Crippen LogP contribution in [0.3, 0.4) is 0 Å². The van der Waals surface area contributed by atoms with Crippen LogP contribution >= 0.6 is 0 Å². The van der Waals surface area contributed by atoms with Crippen LogP contribution in [0.1, 0.15) is 5.56 Å². The third-order valence-electron chi connectivity index (χ3n) is 2.23. The highest BCUT2D eigenvalue weighted by Gasteiger charge is 2.05. The first-order valence-electron chi connectivity index (χ1n) is 4.72. The Bertz CT molecular complexity index is 476. The Labute approximate surface area is 87.3 Å². The molecule has 0 unspecified atom stereocenters. The van der Waals surface area contributed by atoms with E-state index in [9.17, 15) is 4.79 Å². The molecule has 0 atom stereocenters. The molecule has 2 rings (SSSR count). The number of amides is 2. The fourth-order valence-electron chi connectivity index (χ4n) is 1.43. The first kappa shape index (κ1) is 9.58. The van der Waals surface area contributed by atoms with Crippen molar-refractivity contribution in [2.24, 2.45) is 0 Å². The zero-order valence-corrected chi connectivity index (χ0v) is 8.41. The zero-order valence-electron chi connectivity index (χ0n) is 8.41. The maximum Gasteiger partial charge on any atom is 0.314 e. The van der Waals surface area contributed by atoms with Crippen LogP contribution in [0.15, 0.2) is 34.9 Å². The van der Waals surface area contributed by atoms with Crippen molar-refractivity contribution < 1.29 is 9.21 Å². The van der Waals surface area contributed by atoms with Gasteiger partial charge in [0.15, 0.2) is 0 Å². The number of furan rings is 1. The van der Waals surface area contributed by atoms with E-state index in [4.69, 9.17) is 4.42 Å². The zero-order chi connectivity index (χ0) is 10.7. The summed E-state index contributed by atoms with van der Waals surface area (Å²) in [5, 5.41) is 6.25. The highest BCUT2D eigenvalue weighted by molar-refractivity contribution is 5.81. The summed E-state index contributed by atoms with van der Waals surface area (Å²) < 4.78 is 5.34. The highest BCUT2D eigenvalue weighted by Crippen LogP contribution is 2.20. The van der Waals surface area contributed by atoms with Gasteiger partial charge < -0.3 is 15.1 Å². The van der Waals surface area contributed by atoms with E-state index in [0.717, 1.165) is 16.5 Å². The van der Waals surface area contributed by atoms with Crippen molar-refractivity contribution in [3.8, 4) is 0 Å². The van der Waals surface area contributed by atoms with E-state index in [1.807, 2.05) is 24.3 Å². The molecule has 15 heavy (non-hydrogen) atoms. The fraction of sp³-hybridized carbons (Fsp3) is 0.182. The quantitative estimate of drug-likeness (QED) is 0.784. The molecule has 0 bridgehead atoms. The van der Waals surface area contributed by atoms with E-state index in [1.165, 1.54) is 0 Å². The second kappa shape index (κ2) is 4.04. The SMILES string of the molecule is CNC(=O)NCc1coc2ccccc12. The topological polar surface area (TPSA) is 54.3 Å². The number of hydrogen-bond acceptors (Lipinski definition) is 2. The maximum absolute atomic E-state index is 11.0. The molecule has 0 aliphatic rings. The van der Waals surface area contributed by atoms with Crippen LogP contribution in [0.25, 0.3) is 11.0 Å². The minimum absolute atomic E-state index is 0.194. The number of carbonyl (C=O) groups is 1. The highest BCUT2D eigenvalue weighted by atomic mass is 16.3. The molecule has 2 aromatic rings. The van der Waals surface area contributed by atoms with Gasteiger partial charge in [-0.2, -0.15) is 0 Å². The molecule has 1 aromatic heterocycles. The third-order valence-corrected chi connectivity index (χ3v) is 2.23. The lowest BCUT2D eigenvalue weighted by Crippen LogP contribution is -2.31. The Kier molecular flexibility index (Phi) is 2.58.